The third-order valence-corrected chi connectivity index (χ3v) is 8.62. The first-order chi connectivity index (χ1) is 23.3. The predicted octanol–water partition coefficient (Wildman–Crippen LogP) is 10.3. The molecule has 0 radical (unpaired) electrons. The van der Waals surface area contributed by atoms with Gasteiger partial charge in [-0.15, -0.1) is 0 Å². The molecule has 2 aromatic heterocycles. The van der Waals surface area contributed by atoms with Gasteiger partial charge in [-0.05, 0) is 133 Å². The number of hydrogen-bond acceptors (Lipinski definition) is 4. The van der Waals surface area contributed by atoms with Gasteiger partial charge in [0.1, 0.15) is 11.5 Å². The Hall–Kier alpha value is -5.36. The van der Waals surface area contributed by atoms with E-state index in [0.717, 1.165) is 83.4 Å². The molecule has 0 N–H and O–H groups in total. The number of nitrogens with zero attached hydrogens (tertiary/aromatic N) is 2. The predicted molar refractivity (Wildman–Crippen MR) is 193 cm³/mol. The minimum atomic E-state index is -0.344. The zero-order chi connectivity index (χ0) is 33.6. The Morgan fingerprint density at radius 2 is 0.875 bits per heavy atom. The molecule has 4 aromatic carbocycles. The van der Waals surface area contributed by atoms with E-state index in [1.54, 1.807) is 0 Å². The van der Waals surface area contributed by atoms with Crippen molar-refractivity contribution in [1.82, 2.24) is 9.13 Å². The standard InChI is InChI=1S/C42H42N2O4/c1-5-7-9-31-11-19-35(20-12-31)43-39(33-15-23-37(24-16-33)47-29(3)45)27-42-41(43)28-40(34-17-25-38(26-18-34)48-30(4)46)44(42)36-21-13-32(14-22-36)10-8-6-2/h11-28H,5-10H2,1-4H3. The van der Waals surface area contributed by atoms with E-state index in [2.05, 4.69) is 83.6 Å². The number of rotatable bonds is 12. The van der Waals surface area contributed by atoms with Crippen LogP contribution < -0.4 is 9.47 Å². The SMILES string of the molecule is CCCCc1ccc(-n2c(-c3ccc(OC(C)=O)cc3)cc3c2cc(-c2ccc(OC(C)=O)cc2)n3-c2ccc(CCCC)cc2)cc1. The number of esters is 2. The summed E-state index contributed by atoms with van der Waals surface area (Å²) in [6.07, 6.45) is 6.75. The topological polar surface area (TPSA) is 62.5 Å². The van der Waals surface area contributed by atoms with Gasteiger partial charge in [-0.3, -0.25) is 9.59 Å². The highest BCUT2D eigenvalue weighted by molar-refractivity contribution is 5.94. The Morgan fingerprint density at radius 1 is 0.521 bits per heavy atom. The summed E-state index contributed by atoms with van der Waals surface area (Å²) in [5.74, 6) is 0.342. The molecule has 0 unspecified atom stereocenters. The molecule has 6 rings (SSSR count). The van der Waals surface area contributed by atoms with Gasteiger partial charge in [0.2, 0.25) is 0 Å². The molecule has 6 nitrogen and oxygen atoms in total. The van der Waals surface area contributed by atoms with Crippen LogP contribution in [0.3, 0.4) is 0 Å². The van der Waals surface area contributed by atoms with Crippen LogP contribution in [0.15, 0.2) is 109 Å². The fourth-order valence-electron chi connectivity index (χ4n) is 6.24. The summed E-state index contributed by atoms with van der Waals surface area (Å²) in [7, 11) is 0. The summed E-state index contributed by atoms with van der Waals surface area (Å²) in [6.45, 7) is 7.25. The molecule has 2 heterocycles. The first kappa shape index (κ1) is 32.6. The maximum Gasteiger partial charge on any atom is 0.308 e. The highest BCUT2D eigenvalue weighted by Crippen LogP contribution is 2.39. The van der Waals surface area contributed by atoms with E-state index < -0.39 is 0 Å². The second-order valence-corrected chi connectivity index (χ2v) is 12.3. The van der Waals surface area contributed by atoms with Crippen LogP contribution in [0.4, 0.5) is 0 Å². The van der Waals surface area contributed by atoms with E-state index in [0.29, 0.717) is 11.5 Å². The molecule has 0 saturated heterocycles. The maximum atomic E-state index is 11.6. The van der Waals surface area contributed by atoms with Crippen LogP contribution in [0.1, 0.15) is 64.5 Å². The average Bonchev–Trinajstić information content (AvgIpc) is 3.64. The number of carbonyl (C=O) groups excluding carboxylic acids is 2. The van der Waals surface area contributed by atoms with Crippen LogP contribution in [-0.2, 0) is 22.4 Å². The van der Waals surface area contributed by atoms with Crippen molar-refractivity contribution in [3.05, 3.63) is 120 Å². The Labute approximate surface area is 282 Å². The van der Waals surface area contributed by atoms with Gasteiger partial charge < -0.3 is 18.6 Å². The lowest BCUT2D eigenvalue weighted by Gasteiger charge is -2.13. The smallest absolute Gasteiger partial charge is 0.308 e. The third kappa shape index (κ3) is 7.13. The fraction of sp³-hybridized carbons (Fsp3) is 0.238. The van der Waals surface area contributed by atoms with Crippen LogP contribution in [0.5, 0.6) is 11.5 Å². The van der Waals surface area contributed by atoms with Crippen molar-refractivity contribution in [1.29, 1.82) is 0 Å². The molecule has 0 amide bonds. The maximum absolute atomic E-state index is 11.6. The third-order valence-electron chi connectivity index (χ3n) is 8.62. The van der Waals surface area contributed by atoms with Crippen LogP contribution in [0.25, 0.3) is 44.9 Å². The summed E-state index contributed by atoms with van der Waals surface area (Å²) in [5, 5.41) is 0. The molecule has 6 heteroatoms. The molecule has 0 spiro atoms. The van der Waals surface area contributed by atoms with Gasteiger partial charge in [-0.1, -0.05) is 51.0 Å². The number of fused-ring (bicyclic) bond motifs is 1. The lowest BCUT2D eigenvalue weighted by Crippen LogP contribution is -2.01. The first-order valence-corrected chi connectivity index (χ1v) is 16.9. The van der Waals surface area contributed by atoms with Crippen LogP contribution >= 0.6 is 0 Å². The average molecular weight is 639 g/mol. The van der Waals surface area contributed by atoms with E-state index >= 15 is 0 Å². The second kappa shape index (κ2) is 14.6. The number of unbranched alkanes of at least 4 members (excludes halogenated alkanes) is 2. The lowest BCUT2D eigenvalue weighted by molar-refractivity contribution is -0.132. The quantitative estimate of drug-likeness (QED) is 0.0988. The van der Waals surface area contributed by atoms with E-state index in [9.17, 15) is 9.59 Å². The summed E-state index contributed by atoms with van der Waals surface area (Å²) >= 11 is 0. The van der Waals surface area contributed by atoms with Crippen molar-refractivity contribution in [2.75, 3.05) is 0 Å². The second-order valence-electron chi connectivity index (χ2n) is 12.3. The first-order valence-electron chi connectivity index (χ1n) is 16.9. The molecule has 6 aromatic rings. The van der Waals surface area contributed by atoms with Crippen molar-refractivity contribution in [3.8, 4) is 45.4 Å². The summed E-state index contributed by atoms with van der Waals surface area (Å²) in [4.78, 5) is 23.2. The number of benzene rings is 4. The van der Waals surface area contributed by atoms with E-state index in [1.165, 1.54) is 25.0 Å². The Bertz CT molecular complexity index is 1870. The number of hydrogen-bond donors (Lipinski definition) is 0. The number of carbonyl (C=O) groups is 2. The minimum Gasteiger partial charge on any atom is -0.427 e. The molecule has 0 bridgehead atoms. The van der Waals surface area contributed by atoms with Gasteiger partial charge in [0.05, 0.1) is 22.4 Å². The van der Waals surface area contributed by atoms with Gasteiger partial charge in [0.15, 0.2) is 0 Å². The van der Waals surface area contributed by atoms with Gasteiger partial charge >= 0.3 is 11.9 Å². The molecular formula is C42H42N2O4. The highest BCUT2D eigenvalue weighted by Gasteiger charge is 2.21. The monoisotopic (exact) mass is 638 g/mol. The molecule has 0 aliphatic heterocycles. The van der Waals surface area contributed by atoms with Crippen LogP contribution in [-0.4, -0.2) is 21.1 Å². The Morgan fingerprint density at radius 3 is 1.19 bits per heavy atom. The Kier molecular flexibility index (Phi) is 9.91. The van der Waals surface area contributed by atoms with Crippen LogP contribution in [0, 0.1) is 0 Å². The van der Waals surface area contributed by atoms with Crippen molar-refractivity contribution < 1.29 is 19.1 Å². The zero-order valence-electron chi connectivity index (χ0n) is 28.2. The molecule has 244 valence electrons. The fourth-order valence-corrected chi connectivity index (χ4v) is 6.24. The van der Waals surface area contributed by atoms with Crippen molar-refractivity contribution in [2.45, 2.75) is 66.2 Å². The van der Waals surface area contributed by atoms with Gasteiger partial charge in [-0.2, -0.15) is 0 Å². The van der Waals surface area contributed by atoms with E-state index in [1.807, 2.05) is 48.5 Å². The summed E-state index contributed by atoms with van der Waals surface area (Å²) < 4.78 is 15.3. The van der Waals surface area contributed by atoms with Gasteiger partial charge in [0.25, 0.3) is 0 Å². The number of ether oxygens (including phenoxy) is 2. The van der Waals surface area contributed by atoms with Gasteiger partial charge in [-0.25, -0.2) is 0 Å². The normalized spacial score (nSPS) is 11.2. The van der Waals surface area contributed by atoms with Crippen LogP contribution in [0.2, 0.25) is 0 Å². The molecule has 0 fully saturated rings. The molecule has 0 atom stereocenters. The lowest BCUT2D eigenvalue weighted by atomic mass is 10.1. The van der Waals surface area contributed by atoms with Crippen molar-refractivity contribution in [3.63, 3.8) is 0 Å². The molecule has 0 saturated carbocycles. The highest BCUT2D eigenvalue weighted by atomic mass is 16.5. The summed E-state index contributed by atoms with van der Waals surface area (Å²) in [5.41, 5.74) is 11.0. The molecular weight excluding hydrogens is 596 g/mol. The van der Waals surface area contributed by atoms with E-state index in [-0.39, 0.29) is 11.9 Å². The molecule has 48 heavy (non-hydrogen) atoms. The zero-order valence-corrected chi connectivity index (χ0v) is 28.2. The van der Waals surface area contributed by atoms with E-state index in [4.69, 9.17) is 9.47 Å². The largest absolute Gasteiger partial charge is 0.427 e. The molecule has 0 aliphatic rings. The number of aryl methyl sites for hydroxylation is 2. The number of aromatic nitrogens is 2. The molecule has 0 aliphatic carbocycles. The Balaban J connectivity index is 1.56. The van der Waals surface area contributed by atoms with Crippen molar-refractivity contribution in [2.24, 2.45) is 0 Å². The van der Waals surface area contributed by atoms with Crippen molar-refractivity contribution >= 4 is 23.0 Å². The summed E-state index contributed by atoms with van der Waals surface area (Å²) in [6, 6.07) is 37.6. The minimum absolute atomic E-state index is 0.344. The van der Waals surface area contributed by atoms with Gasteiger partial charge in [0, 0.05) is 25.2 Å².